The summed E-state index contributed by atoms with van der Waals surface area (Å²) in [6.07, 6.45) is 2.56. The average Bonchev–Trinajstić information content (AvgIpc) is 2.51. The van der Waals surface area contributed by atoms with Gasteiger partial charge in [0.25, 0.3) is 0 Å². The first-order valence-electron chi connectivity index (χ1n) is 5.58. The highest BCUT2D eigenvalue weighted by atomic mass is 16.3. The predicted octanol–water partition coefficient (Wildman–Crippen LogP) is 0.689. The number of aliphatic hydroxyl groups is 1. The third-order valence-corrected chi connectivity index (χ3v) is 3.04. The van der Waals surface area contributed by atoms with Gasteiger partial charge in [-0.1, -0.05) is 0 Å². The molecule has 0 aliphatic carbocycles. The minimum absolute atomic E-state index is 0.121. The molecular formula is C11H24N2O. The second-order valence-corrected chi connectivity index (χ2v) is 5.17. The maximum absolute atomic E-state index is 9.06. The molecule has 3 heteroatoms. The van der Waals surface area contributed by atoms with Crippen LogP contribution in [0, 0.1) is 5.92 Å². The average molecular weight is 200 g/mol. The van der Waals surface area contributed by atoms with Crippen molar-refractivity contribution in [2.45, 2.75) is 32.2 Å². The summed E-state index contributed by atoms with van der Waals surface area (Å²) in [7, 11) is 2.19. The zero-order valence-corrected chi connectivity index (χ0v) is 9.71. The van der Waals surface area contributed by atoms with E-state index in [1.165, 1.54) is 25.9 Å². The van der Waals surface area contributed by atoms with Gasteiger partial charge in [0.2, 0.25) is 0 Å². The van der Waals surface area contributed by atoms with Crippen molar-refractivity contribution < 1.29 is 5.11 Å². The highest BCUT2D eigenvalue weighted by Crippen LogP contribution is 2.17. The van der Waals surface area contributed by atoms with Crippen LogP contribution in [0.25, 0.3) is 0 Å². The molecule has 84 valence electrons. The Labute approximate surface area is 87.5 Å². The normalized spacial score (nSPS) is 24.4. The molecule has 1 heterocycles. The Bertz CT molecular complexity index is 171. The van der Waals surface area contributed by atoms with Gasteiger partial charge in [0, 0.05) is 12.1 Å². The van der Waals surface area contributed by atoms with E-state index in [-0.39, 0.29) is 12.1 Å². The van der Waals surface area contributed by atoms with Crippen molar-refractivity contribution in [2.24, 2.45) is 5.92 Å². The molecule has 1 rings (SSSR count). The Balaban J connectivity index is 2.10. The molecular weight excluding hydrogens is 176 g/mol. The lowest BCUT2D eigenvalue weighted by Crippen LogP contribution is -2.43. The van der Waals surface area contributed by atoms with Crippen LogP contribution < -0.4 is 5.32 Å². The smallest absolute Gasteiger partial charge is 0.0607 e. The number of nitrogens with one attached hydrogen (secondary N) is 1. The minimum atomic E-state index is -0.121. The van der Waals surface area contributed by atoms with Crippen molar-refractivity contribution in [3.8, 4) is 0 Å². The van der Waals surface area contributed by atoms with Crippen LogP contribution >= 0.6 is 0 Å². The second kappa shape index (κ2) is 5.10. The van der Waals surface area contributed by atoms with Crippen LogP contribution in [0.3, 0.4) is 0 Å². The van der Waals surface area contributed by atoms with Crippen LogP contribution in [0.1, 0.15) is 26.7 Å². The number of hydrogen-bond acceptors (Lipinski definition) is 3. The number of likely N-dealkylation sites (tertiary alicyclic amines) is 1. The summed E-state index contributed by atoms with van der Waals surface area (Å²) in [5.41, 5.74) is -0.121. The molecule has 3 nitrogen and oxygen atoms in total. The third kappa shape index (κ3) is 3.95. The Morgan fingerprint density at radius 1 is 1.50 bits per heavy atom. The van der Waals surface area contributed by atoms with Gasteiger partial charge in [-0.2, -0.15) is 0 Å². The monoisotopic (exact) mass is 200 g/mol. The fourth-order valence-corrected chi connectivity index (χ4v) is 1.93. The summed E-state index contributed by atoms with van der Waals surface area (Å²) in [4.78, 5) is 2.39. The molecule has 0 aromatic carbocycles. The van der Waals surface area contributed by atoms with E-state index < -0.39 is 0 Å². The first-order valence-corrected chi connectivity index (χ1v) is 5.58. The molecule has 2 N–H and O–H groups in total. The van der Waals surface area contributed by atoms with Gasteiger partial charge in [-0.15, -0.1) is 0 Å². The van der Waals surface area contributed by atoms with E-state index in [0.29, 0.717) is 0 Å². The molecule has 14 heavy (non-hydrogen) atoms. The SMILES string of the molecule is CN1CCC(CCNC(C)(C)CO)C1. The fraction of sp³-hybridized carbons (Fsp3) is 1.00. The molecule has 1 unspecified atom stereocenters. The molecule has 1 aliphatic heterocycles. The zero-order chi connectivity index (χ0) is 10.6. The maximum atomic E-state index is 9.06. The van der Waals surface area contributed by atoms with Crippen LogP contribution in [0.4, 0.5) is 0 Å². The summed E-state index contributed by atoms with van der Waals surface area (Å²) < 4.78 is 0. The largest absolute Gasteiger partial charge is 0.394 e. The fourth-order valence-electron chi connectivity index (χ4n) is 1.93. The molecule has 0 radical (unpaired) electrons. The standard InChI is InChI=1S/C11H24N2O/c1-11(2,9-14)12-6-4-10-5-7-13(3)8-10/h10,12,14H,4-9H2,1-3H3. The van der Waals surface area contributed by atoms with E-state index in [2.05, 4.69) is 17.3 Å². The molecule has 1 fully saturated rings. The first kappa shape index (κ1) is 12.0. The number of hydrogen-bond donors (Lipinski definition) is 2. The van der Waals surface area contributed by atoms with Crippen LogP contribution in [-0.2, 0) is 0 Å². The van der Waals surface area contributed by atoms with Crippen molar-refractivity contribution in [3.05, 3.63) is 0 Å². The Morgan fingerprint density at radius 3 is 2.71 bits per heavy atom. The molecule has 0 saturated carbocycles. The third-order valence-electron chi connectivity index (χ3n) is 3.04. The van der Waals surface area contributed by atoms with Gasteiger partial charge in [-0.05, 0) is 52.7 Å². The first-order chi connectivity index (χ1) is 6.53. The van der Waals surface area contributed by atoms with E-state index in [0.717, 1.165) is 12.5 Å². The van der Waals surface area contributed by atoms with Gasteiger partial charge in [-0.25, -0.2) is 0 Å². The van der Waals surface area contributed by atoms with Crippen molar-refractivity contribution >= 4 is 0 Å². The molecule has 0 amide bonds. The lowest BCUT2D eigenvalue weighted by molar-refractivity contribution is 0.186. The molecule has 1 saturated heterocycles. The summed E-state index contributed by atoms with van der Waals surface area (Å²) in [5, 5.41) is 12.4. The molecule has 0 aromatic heterocycles. The van der Waals surface area contributed by atoms with Gasteiger partial charge in [-0.3, -0.25) is 0 Å². The summed E-state index contributed by atoms with van der Waals surface area (Å²) >= 11 is 0. The van der Waals surface area contributed by atoms with E-state index in [1.807, 2.05) is 13.8 Å². The zero-order valence-electron chi connectivity index (χ0n) is 9.71. The minimum Gasteiger partial charge on any atom is -0.394 e. The lowest BCUT2D eigenvalue weighted by Gasteiger charge is -2.24. The van der Waals surface area contributed by atoms with Crippen LogP contribution in [0.15, 0.2) is 0 Å². The van der Waals surface area contributed by atoms with Crippen molar-refractivity contribution in [3.63, 3.8) is 0 Å². The number of rotatable bonds is 5. The second-order valence-electron chi connectivity index (χ2n) is 5.17. The van der Waals surface area contributed by atoms with E-state index >= 15 is 0 Å². The van der Waals surface area contributed by atoms with Gasteiger partial charge >= 0.3 is 0 Å². The molecule has 0 bridgehead atoms. The van der Waals surface area contributed by atoms with Crippen molar-refractivity contribution in [1.29, 1.82) is 0 Å². The number of aliphatic hydroxyl groups excluding tert-OH is 1. The highest BCUT2D eigenvalue weighted by Gasteiger charge is 2.20. The quantitative estimate of drug-likeness (QED) is 0.685. The topological polar surface area (TPSA) is 35.5 Å². The highest BCUT2D eigenvalue weighted by molar-refractivity contribution is 4.78. The molecule has 0 spiro atoms. The van der Waals surface area contributed by atoms with Crippen molar-refractivity contribution in [1.82, 2.24) is 10.2 Å². The van der Waals surface area contributed by atoms with Crippen molar-refractivity contribution in [2.75, 3.05) is 33.3 Å². The molecule has 0 aromatic rings. The van der Waals surface area contributed by atoms with Gasteiger partial charge in [0.1, 0.15) is 0 Å². The van der Waals surface area contributed by atoms with E-state index in [4.69, 9.17) is 5.11 Å². The molecule has 1 atom stereocenters. The van der Waals surface area contributed by atoms with Gasteiger partial charge in [0.15, 0.2) is 0 Å². The Morgan fingerprint density at radius 2 is 2.21 bits per heavy atom. The summed E-state index contributed by atoms with van der Waals surface area (Å²) in [5.74, 6) is 0.849. The molecule has 1 aliphatic rings. The predicted molar refractivity (Wildman–Crippen MR) is 59.4 cm³/mol. The van der Waals surface area contributed by atoms with Crippen LogP contribution in [0.2, 0.25) is 0 Å². The van der Waals surface area contributed by atoms with Crippen LogP contribution in [0.5, 0.6) is 0 Å². The summed E-state index contributed by atoms with van der Waals surface area (Å²) in [6, 6.07) is 0. The number of nitrogens with zero attached hydrogens (tertiary/aromatic N) is 1. The maximum Gasteiger partial charge on any atom is 0.0607 e. The van der Waals surface area contributed by atoms with E-state index in [1.54, 1.807) is 0 Å². The Kier molecular flexibility index (Phi) is 4.35. The van der Waals surface area contributed by atoms with Gasteiger partial charge in [0.05, 0.1) is 6.61 Å². The van der Waals surface area contributed by atoms with Crippen LogP contribution in [-0.4, -0.2) is 48.8 Å². The lowest BCUT2D eigenvalue weighted by atomic mass is 10.0. The Hall–Kier alpha value is -0.120. The van der Waals surface area contributed by atoms with E-state index in [9.17, 15) is 0 Å². The summed E-state index contributed by atoms with van der Waals surface area (Å²) in [6.45, 7) is 7.78. The van der Waals surface area contributed by atoms with Gasteiger partial charge < -0.3 is 15.3 Å².